The summed E-state index contributed by atoms with van der Waals surface area (Å²) in [4.78, 5) is 7.03. The summed E-state index contributed by atoms with van der Waals surface area (Å²) >= 11 is -2.66. The van der Waals surface area contributed by atoms with Crippen molar-refractivity contribution in [2.75, 3.05) is 4.93 Å². The number of phenolic OH excluding ortho intramolecular Hbond substituents is 4. The molecular formula is C51H45IN20O6. The topological polar surface area (TPSA) is 323 Å². The van der Waals surface area contributed by atoms with Gasteiger partial charge in [-0.15, -0.1) is 20.4 Å². The van der Waals surface area contributed by atoms with Gasteiger partial charge in [-0.2, -0.15) is 0 Å². The van der Waals surface area contributed by atoms with E-state index in [-0.39, 0.29) is 23.0 Å². The molecule has 26 nitrogen and oxygen atoms in total. The molecule has 0 amide bonds. The number of tetrazole rings is 4. The third-order valence-corrected chi connectivity index (χ3v) is 14.2. The van der Waals surface area contributed by atoms with Crippen molar-refractivity contribution in [2.45, 2.75) is 39.5 Å². The number of hydrogen-bond acceptors (Lipinski definition) is 22. The summed E-state index contributed by atoms with van der Waals surface area (Å²) in [6.45, 7) is 6.88. The fourth-order valence-electron chi connectivity index (χ4n) is 8.10. The summed E-state index contributed by atoms with van der Waals surface area (Å²) in [6.07, 6.45) is 6.28. The zero-order chi connectivity index (χ0) is 54.3. The molecule has 0 fully saturated rings. The molecule has 10 aromatic rings. The van der Waals surface area contributed by atoms with E-state index in [9.17, 15) is 20.4 Å². The number of alkyl halides is 1. The molecule has 4 heterocycles. The second-order valence-corrected chi connectivity index (χ2v) is 20.2. The molecule has 0 atom stereocenters. The van der Waals surface area contributed by atoms with Gasteiger partial charge in [-0.1, -0.05) is 0 Å². The molecule has 0 bridgehead atoms. The second-order valence-electron chi connectivity index (χ2n) is 17.2. The van der Waals surface area contributed by atoms with E-state index in [1.807, 2.05) is 53.5 Å². The van der Waals surface area contributed by atoms with E-state index in [1.165, 1.54) is 19.2 Å². The van der Waals surface area contributed by atoms with Crippen molar-refractivity contribution < 1.29 is 26.6 Å². The first kappa shape index (κ1) is 51.3. The molecule has 4 N–H and O–H groups in total. The third kappa shape index (κ3) is 11.7. The van der Waals surface area contributed by atoms with Gasteiger partial charge >= 0.3 is 340 Å². The number of rotatable bonds is 18. The summed E-state index contributed by atoms with van der Waals surface area (Å²) in [7, 11) is 0. The molecule has 78 heavy (non-hydrogen) atoms. The van der Waals surface area contributed by atoms with Gasteiger partial charge < -0.3 is 0 Å². The maximum absolute atomic E-state index is 11.5. The van der Waals surface area contributed by atoms with Crippen molar-refractivity contribution in [3.8, 4) is 34.5 Å². The Morgan fingerprint density at radius 3 is 0.885 bits per heavy atom. The van der Waals surface area contributed by atoms with Gasteiger partial charge in [0.15, 0.2) is 23.3 Å². The van der Waals surface area contributed by atoms with Gasteiger partial charge in [0, 0.05) is 0 Å². The van der Waals surface area contributed by atoms with Gasteiger partial charge in [0.2, 0.25) is 0 Å². The van der Waals surface area contributed by atoms with E-state index in [0.29, 0.717) is 90.4 Å². The van der Waals surface area contributed by atoms with E-state index >= 15 is 0 Å². The number of phenols is 4. The molecule has 0 saturated heterocycles. The fraction of sp³-hybridized carbons (Fsp3) is 0.137. The Kier molecular flexibility index (Phi) is 15.0. The van der Waals surface area contributed by atoms with Gasteiger partial charge in [-0.05, 0) is 69.4 Å². The van der Waals surface area contributed by atoms with Crippen LogP contribution >= 0.6 is 20.6 Å². The molecule has 0 radical (unpaired) electrons. The Balaban J connectivity index is 0.922. The normalized spacial score (nSPS) is 12.1. The van der Waals surface area contributed by atoms with Crippen molar-refractivity contribution >= 4 is 45.5 Å². The summed E-state index contributed by atoms with van der Waals surface area (Å²) in [5.74, 6) is 1.50. The summed E-state index contributed by atoms with van der Waals surface area (Å²) in [5.41, 5.74) is 5.84. The minimum atomic E-state index is -2.66. The first-order chi connectivity index (χ1) is 37.8. The Hall–Kier alpha value is -10.2. The second kappa shape index (κ2) is 22.7. The van der Waals surface area contributed by atoms with Gasteiger partial charge in [-0.25, -0.2) is 0 Å². The minimum absolute atomic E-state index is 0.0223. The third-order valence-electron chi connectivity index (χ3n) is 12.0. The van der Waals surface area contributed by atoms with Crippen LogP contribution in [0.5, 0.6) is 34.5 Å². The van der Waals surface area contributed by atoms with Gasteiger partial charge in [0.05, 0.1) is 0 Å². The fourth-order valence-corrected chi connectivity index (χ4v) is 10.2. The molecule has 0 aliphatic carbocycles. The average Bonchev–Trinajstić information content (AvgIpc) is 4.27. The predicted octanol–water partition coefficient (Wildman–Crippen LogP) is 6.00. The van der Waals surface area contributed by atoms with E-state index in [4.69, 9.17) is 6.13 Å². The molecule has 392 valence electrons. The molecule has 0 saturated carbocycles. The van der Waals surface area contributed by atoms with Crippen molar-refractivity contribution in [3.63, 3.8) is 0 Å². The maximum atomic E-state index is 11.5. The molecule has 0 unspecified atom stereocenters. The van der Waals surface area contributed by atoms with Crippen LogP contribution in [0.2, 0.25) is 0 Å². The number of aromatic hydroxyl groups is 4. The van der Waals surface area contributed by atoms with Crippen molar-refractivity contribution in [1.29, 1.82) is 0 Å². The number of aromatic nitrogens is 16. The van der Waals surface area contributed by atoms with Crippen LogP contribution in [-0.2, 0) is 0 Å². The van der Waals surface area contributed by atoms with Crippen LogP contribution in [0.1, 0.15) is 90.8 Å². The number of nitrogens with zero attached hydrogens (tertiary/aromatic N) is 20. The van der Waals surface area contributed by atoms with Gasteiger partial charge in [0.1, 0.15) is 0 Å². The summed E-state index contributed by atoms with van der Waals surface area (Å²) < 4.78 is 12.9. The molecule has 0 aliphatic rings. The van der Waals surface area contributed by atoms with E-state index < -0.39 is 32.5 Å². The molecule has 4 aromatic heterocycles. The summed E-state index contributed by atoms with van der Waals surface area (Å²) in [6, 6.07) is 34.9. The number of hydrogen-bond donors (Lipinski definition) is 4. The monoisotopic (exact) mass is 1160 g/mol. The van der Waals surface area contributed by atoms with Crippen molar-refractivity contribution in [3.05, 3.63) is 200 Å². The quantitative estimate of drug-likeness (QED) is 0.0331. The van der Waals surface area contributed by atoms with Crippen LogP contribution < -0.4 is 6.13 Å². The molecule has 6 aromatic carbocycles. The molecule has 0 aliphatic heterocycles. The number of benzene rings is 6. The van der Waals surface area contributed by atoms with Gasteiger partial charge in [-0.3, -0.25) is 0 Å². The molecule has 27 heteroatoms. The predicted molar refractivity (Wildman–Crippen MR) is 291 cm³/mol. The van der Waals surface area contributed by atoms with Crippen molar-refractivity contribution in [2.24, 2.45) is 20.4 Å². The van der Waals surface area contributed by atoms with Crippen LogP contribution in [-0.4, -0.2) is 131 Å². The van der Waals surface area contributed by atoms with E-state index in [1.54, 1.807) is 125 Å². The molecule has 0 spiro atoms. The Morgan fingerprint density at radius 2 is 0.654 bits per heavy atom. The van der Waals surface area contributed by atoms with Crippen molar-refractivity contribution in [1.82, 2.24) is 81.3 Å². The zero-order valence-corrected chi connectivity index (χ0v) is 44.1. The van der Waals surface area contributed by atoms with Crippen LogP contribution in [0.15, 0.2) is 142 Å². The SMILES string of the molecule is Cc1nnnn1/N=C/c1ccc(O)c(C(c2ccc(OI(C)Oc3ccc(C(c4cc(/C=N/n5nnnc5C)ccc4O)c4cc(/C=N/n5nnnc5C)ccc4O)cc3)cc2)c2cc(/C=N/n3nnnc3C)ccc2O)c1. The first-order valence-electron chi connectivity index (χ1n) is 23.5. The molecule has 10 rings (SSSR count). The first-order valence-corrected chi connectivity index (χ1v) is 27.4. The Labute approximate surface area is 450 Å². The number of halogens is 1. The van der Waals surface area contributed by atoms with Crippen LogP contribution in [0.4, 0.5) is 0 Å². The Morgan fingerprint density at radius 1 is 0.397 bits per heavy atom. The Bertz CT molecular complexity index is 3420. The van der Waals surface area contributed by atoms with Crippen LogP contribution in [0, 0.1) is 27.7 Å². The summed E-state index contributed by atoms with van der Waals surface area (Å²) in [5, 5.41) is 109. The molecular weight excluding hydrogens is 1120 g/mol. The van der Waals surface area contributed by atoms with Gasteiger partial charge in [0.25, 0.3) is 0 Å². The van der Waals surface area contributed by atoms with Crippen LogP contribution in [0.25, 0.3) is 0 Å². The zero-order valence-electron chi connectivity index (χ0n) is 41.9. The number of aryl methyl sites for hydroxylation is 4. The standard InChI is InChI=1S/C51H45IN20O6/c1-30-57-61-65-69(30)53-26-34-6-18-46(73)42(22-34)50(43-23-35(7-19-47(43)74)27-54-70-31(2)58-62-66-70)38-10-14-40(15-11-38)77-52(5)78-41-16-12-39(13-17-41)51(44-24-36(8-20-48(44)75)28-55-71-32(3)59-63-67-71)45-25-37(9-21-49(45)76)29-56-72-33(4)60-64-68-72/h6-29,50-51,73-76H,1-5H3/b53-26+,54-27+,55-28+,56-29+. The van der Waals surface area contributed by atoms with E-state index in [0.717, 1.165) is 0 Å². The average molecular weight is 1160 g/mol. The van der Waals surface area contributed by atoms with E-state index in [2.05, 4.69) is 82.5 Å². The van der Waals surface area contributed by atoms with Crippen LogP contribution in [0.3, 0.4) is 0 Å².